The molecule has 4 nitrogen and oxygen atoms in total. The molecule has 2 aromatic rings. The maximum absolute atomic E-state index is 5.89. The summed E-state index contributed by atoms with van der Waals surface area (Å²) in [4.78, 5) is 0. The number of hydrogen-bond donors (Lipinski definition) is 1. The highest BCUT2D eigenvalue weighted by atomic mass is 16.5. The van der Waals surface area contributed by atoms with E-state index in [1.807, 2.05) is 12.1 Å². The second kappa shape index (κ2) is 4.37. The molecule has 0 radical (unpaired) electrons. The third-order valence-corrected chi connectivity index (χ3v) is 3.60. The lowest BCUT2D eigenvalue weighted by atomic mass is 9.82. The fourth-order valence-corrected chi connectivity index (χ4v) is 2.69. The lowest BCUT2D eigenvalue weighted by Gasteiger charge is -2.21. The molecule has 1 aromatic heterocycles. The number of hydrogen-bond acceptors (Lipinski definition) is 4. The van der Waals surface area contributed by atoms with Crippen molar-refractivity contribution in [3.8, 4) is 5.75 Å². The van der Waals surface area contributed by atoms with E-state index in [2.05, 4.69) is 17.3 Å². The molecule has 4 heteroatoms. The van der Waals surface area contributed by atoms with Crippen LogP contribution in [0, 0.1) is 0 Å². The molecule has 1 unspecified atom stereocenters. The maximum Gasteiger partial charge on any atom is 0.226 e. The minimum atomic E-state index is 0.297. The summed E-state index contributed by atoms with van der Waals surface area (Å²) in [7, 11) is 1.67. The van der Waals surface area contributed by atoms with Crippen LogP contribution in [0.15, 0.2) is 28.8 Å². The van der Waals surface area contributed by atoms with Gasteiger partial charge in [-0.3, -0.25) is 0 Å². The second-order valence-corrected chi connectivity index (χ2v) is 4.63. The summed E-state index contributed by atoms with van der Waals surface area (Å²) in [5.41, 5.74) is 9.22. The molecule has 2 N–H and O–H groups in total. The number of nitrogens with two attached hydrogens (primary N) is 1. The van der Waals surface area contributed by atoms with E-state index in [-0.39, 0.29) is 0 Å². The minimum absolute atomic E-state index is 0.297. The zero-order chi connectivity index (χ0) is 12.5. The number of nitrogens with zero attached hydrogens (tertiary/aromatic N) is 1. The Bertz CT molecular complexity index is 545. The molecule has 0 fully saturated rings. The van der Waals surface area contributed by atoms with Gasteiger partial charge in [-0.15, -0.1) is 0 Å². The summed E-state index contributed by atoms with van der Waals surface area (Å²) >= 11 is 0. The molecule has 1 atom stereocenters. The first-order chi connectivity index (χ1) is 8.79. The molecule has 1 heterocycles. The summed E-state index contributed by atoms with van der Waals surface area (Å²) in [5, 5.41) is 4.04. The third kappa shape index (κ3) is 1.74. The zero-order valence-corrected chi connectivity index (χ0v) is 10.3. The summed E-state index contributed by atoms with van der Waals surface area (Å²) in [6.07, 6.45) is 3.17. The van der Waals surface area contributed by atoms with Crippen molar-refractivity contribution in [2.75, 3.05) is 12.8 Å². The number of ether oxygens (including phenoxy) is 1. The molecule has 3 rings (SSSR count). The van der Waals surface area contributed by atoms with Crippen LogP contribution in [-0.4, -0.2) is 12.3 Å². The Morgan fingerprint density at radius 2 is 2.11 bits per heavy atom. The highest BCUT2D eigenvalue weighted by Crippen LogP contribution is 2.39. The van der Waals surface area contributed by atoms with E-state index < -0.39 is 0 Å². The summed E-state index contributed by atoms with van der Waals surface area (Å²) in [6.45, 7) is 0. The predicted molar refractivity (Wildman–Crippen MR) is 68.7 cm³/mol. The van der Waals surface area contributed by atoms with Crippen molar-refractivity contribution in [1.82, 2.24) is 5.16 Å². The van der Waals surface area contributed by atoms with E-state index in [0.717, 1.165) is 36.3 Å². The first kappa shape index (κ1) is 11.1. The van der Waals surface area contributed by atoms with Crippen molar-refractivity contribution < 1.29 is 9.26 Å². The molecule has 1 aliphatic rings. The molecule has 18 heavy (non-hydrogen) atoms. The number of nitrogen functional groups attached to an aromatic ring is 1. The Hall–Kier alpha value is -1.97. The molecule has 0 saturated carbocycles. The molecule has 1 aliphatic carbocycles. The van der Waals surface area contributed by atoms with Gasteiger partial charge in [0.2, 0.25) is 5.88 Å². The van der Waals surface area contributed by atoms with E-state index in [9.17, 15) is 0 Å². The normalized spacial score (nSPS) is 18.4. The van der Waals surface area contributed by atoms with Gasteiger partial charge in [0, 0.05) is 11.5 Å². The Morgan fingerprint density at radius 1 is 1.33 bits per heavy atom. The van der Waals surface area contributed by atoms with Crippen LogP contribution < -0.4 is 10.5 Å². The van der Waals surface area contributed by atoms with Gasteiger partial charge in [-0.1, -0.05) is 17.3 Å². The number of anilines is 1. The van der Waals surface area contributed by atoms with Gasteiger partial charge in [-0.2, -0.15) is 0 Å². The number of rotatable bonds is 2. The summed E-state index contributed by atoms with van der Waals surface area (Å²) in [6, 6.07) is 8.14. The van der Waals surface area contributed by atoms with Crippen LogP contribution in [0.2, 0.25) is 0 Å². The minimum Gasteiger partial charge on any atom is -0.497 e. The standard InChI is InChI=1S/C14H16N2O2/c1-17-10-7-5-9(6-8-10)11-3-2-4-12-13(11)14(15)18-16-12/h5-8,11H,2-4,15H2,1H3. The van der Waals surface area contributed by atoms with Crippen LogP contribution in [0.4, 0.5) is 5.88 Å². The van der Waals surface area contributed by atoms with Crippen molar-refractivity contribution >= 4 is 5.88 Å². The van der Waals surface area contributed by atoms with E-state index in [4.69, 9.17) is 15.0 Å². The van der Waals surface area contributed by atoms with Crippen LogP contribution in [0.5, 0.6) is 5.75 Å². The Morgan fingerprint density at radius 3 is 2.83 bits per heavy atom. The largest absolute Gasteiger partial charge is 0.497 e. The van der Waals surface area contributed by atoms with Gasteiger partial charge >= 0.3 is 0 Å². The fraction of sp³-hybridized carbons (Fsp3) is 0.357. The summed E-state index contributed by atoms with van der Waals surface area (Å²) < 4.78 is 10.3. The number of fused-ring (bicyclic) bond motifs is 1. The van der Waals surface area contributed by atoms with Crippen molar-refractivity contribution in [3.05, 3.63) is 41.1 Å². The third-order valence-electron chi connectivity index (χ3n) is 3.60. The monoisotopic (exact) mass is 244 g/mol. The van der Waals surface area contributed by atoms with E-state index >= 15 is 0 Å². The van der Waals surface area contributed by atoms with Crippen LogP contribution in [0.1, 0.15) is 35.6 Å². The van der Waals surface area contributed by atoms with E-state index in [1.54, 1.807) is 7.11 Å². The van der Waals surface area contributed by atoms with Gasteiger partial charge in [0.05, 0.1) is 12.8 Å². The van der Waals surface area contributed by atoms with Crippen molar-refractivity contribution in [2.24, 2.45) is 0 Å². The van der Waals surface area contributed by atoms with Gasteiger partial charge in [-0.25, -0.2) is 0 Å². The maximum atomic E-state index is 5.89. The quantitative estimate of drug-likeness (QED) is 0.882. The Balaban J connectivity index is 1.99. The summed E-state index contributed by atoms with van der Waals surface area (Å²) in [5.74, 6) is 1.63. The lowest BCUT2D eigenvalue weighted by Crippen LogP contribution is -2.11. The molecule has 0 aliphatic heterocycles. The number of aryl methyl sites for hydroxylation is 1. The van der Waals surface area contributed by atoms with Gasteiger partial charge in [-0.05, 0) is 37.0 Å². The first-order valence-electron chi connectivity index (χ1n) is 6.17. The molecule has 94 valence electrons. The van der Waals surface area contributed by atoms with Crippen LogP contribution in [0.3, 0.4) is 0 Å². The van der Waals surface area contributed by atoms with Crippen molar-refractivity contribution in [2.45, 2.75) is 25.2 Å². The fourth-order valence-electron chi connectivity index (χ4n) is 2.69. The zero-order valence-electron chi connectivity index (χ0n) is 10.3. The molecule has 0 amide bonds. The number of methoxy groups -OCH3 is 1. The molecule has 0 bridgehead atoms. The molecular weight excluding hydrogens is 228 g/mol. The average molecular weight is 244 g/mol. The first-order valence-corrected chi connectivity index (χ1v) is 6.17. The lowest BCUT2D eigenvalue weighted by molar-refractivity contribution is 0.414. The molecule has 0 spiro atoms. The second-order valence-electron chi connectivity index (χ2n) is 4.63. The SMILES string of the molecule is COc1ccc(C2CCCc3noc(N)c32)cc1. The predicted octanol–water partition coefficient (Wildman–Crippen LogP) is 2.73. The molecular formula is C14H16N2O2. The Labute approximate surface area is 106 Å². The van der Waals surface area contributed by atoms with E-state index in [0.29, 0.717) is 11.8 Å². The van der Waals surface area contributed by atoms with E-state index in [1.165, 1.54) is 5.56 Å². The van der Waals surface area contributed by atoms with Gasteiger partial charge in [0.15, 0.2) is 0 Å². The van der Waals surface area contributed by atoms with Gasteiger partial charge < -0.3 is 15.0 Å². The molecule has 0 saturated heterocycles. The van der Waals surface area contributed by atoms with Gasteiger partial charge in [0.1, 0.15) is 5.75 Å². The average Bonchev–Trinajstić information content (AvgIpc) is 2.81. The van der Waals surface area contributed by atoms with Crippen LogP contribution >= 0.6 is 0 Å². The smallest absolute Gasteiger partial charge is 0.226 e. The topological polar surface area (TPSA) is 61.3 Å². The number of benzene rings is 1. The highest BCUT2D eigenvalue weighted by molar-refractivity contribution is 5.48. The highest BCUT2D eigenvalue weighted by Gasteiger charge is 2.28. The Kier molecular flexibility index (Phi) is 2.70. The van der Waals surface area contributed by atoms with Gasteiger partial charge in [0.25, 0.3) is 0 Å². The van der Waals surface area contributed by atoms with Crippen LogP contribution in [0.25, 0.3) is 0 Å². The number of aromatic nitrogens is 1. The van der Waals surface area contributed by atoms with Crippen molar-refractivity contribution in [1.29, 1.82) is 0 Å². The molecule has 1 aromatic carbocycles. The van der Waals surface area contributed by atoms with Crippen molar-refractivity contribution in [3.63, 3.8) is 0 Å². The van der Waals surface area contributed by atoms with Crippen LogP contribution in [-0.2, 0) is 6.42 Å².